The molecule has 0 amide bonds. The maximum Gasteiger partial charge on any atom is 0.125 e. The summed E-state index contributed by atoms with van der Waals surface area (Å²) < 4.78 is 0. The minimum atomic E-state index is -0.110. The minimum Gasteiger partial charge on any atom is -0.271 e. The van der Waals surface area contributed by atoms with Crippen LogP contribution in [0.2, 0.25) is 0 Å². The molecule has 0 bridgehead atoms. The maximum absolute atomic E-state index is 5.73. The van der Waals surface area contributed by atoms with Gasteiger partial charge in [0.15, 0.2) is 0 Å². The lowest BCUT2D eigenvalue weighted by Crippen LogP contribution is -2.30. The van der Waals surface area contributed by atoms with Gasteiger partial charge in [0.1, 0.15) is 5.82 Å². The molecule has 0 aliphatic heterocycles. The second-order valence-electron chi connectivity index (χ2n) is 4.92. The number of benzene rings is 1. The third kappa shape index (κ3) is 2.80. The first-order valence-corrected chi connectivity index (χ1v) is 6.36. The molecule has 2 aromatic rings. The number of hydrogen-bond acceptors (Lipinski definition) is 4. The SMILES string of the molecule is Cc1nccc(C(NN)c2cc(C)c(C)cc2C)n1. The third-order valence-electron chi connectivity index (χ3n) is 3.45. The van der Waals surface area contributed by atoms with Gasteiger partial charge in [0, 0.05) is 6.20 Å². The first kappa shape index (κ1) is 13.6. The molecule has 4 nitrogen and oxygen atoms in total. The van der Waals surface area contributed by atoms with Gasteiger partial charge in [-0.3, -0.25) is 5.84 Å². The number of rotatable bonds is 3. The van der Waals surface area contributed by atoms with Gasteiger partial charge in [0.05, 0.1) is 11.7 Å². The molecule has 1 aromatic carbocycles. The van der Waals surface area contributed by atoms with E-state index in [1.165, 1.54) is 16.7 Å². The quantitative estimate of drug-likeness (QED) is 0.653. The van der Waals surface area contributed by atoms with E-state index in [4.69, 9.17) is 5.84 Å². The van der Waals surface area contributed by atoms with Crippen molar-refractivity contribution in [2.24, 2.45) is 5.84 Å². The Bertz CT molecular complexity index is 593. The molecule has 0 fully saturated rings. The second kappa shape index (κ2) is 5.47. The van der Waals surface area contributed by atoms with Gasteiger partial charge < -0.3 is 0 Å². The van der Waals surface area contributed by atoms with Crippen LogP contribution >= 0.6 is 0 Å². The van der Waals surface area contributed by atoms with Gasteiger partial charge in [-0.15, -0.1) is 0 Å². The summed E-state index contributed by atoms with van der Waals surface area (Å²) in [5, 5.41) is 0. The normalized spacial score (nSPS) is 12.5. The molecule has 19 heavy (non-hydrogen) atoms. The van der Waals surface area contributed by atoms with Crippen molar-refractivity contribution in [3.63, 3.8) is 0 Å². The summed E-state index contributed by atoms with van der Waals surface area (Å²) in [6.45, 7) is 8.20. The van der Waals surface area contributed by atoms with Crippen molar-refractivity contribution in [1.82, 2.24) is 15.4 Å². The predicted molar refractivity (Wildman–Crippen MR) is 76.6 cm³/mol. The topological polar surface area (TPSA) is 63.8 Å². The van der Waals surface area contributed by atoms with Crippen molar-refractivity contribution in [3.8, 4) is 0 Å². The van der Waals surface area contributed by atoms with E-state index >= 15 is 0 Å². The number of hydrogen-bond donors (Lipinski definition) is 2. The van der Waals surface area contributed by atoms with Crippen LogP contribution in [0.5, 0.6) is 0 Å². The molecule has 0 radical (unpaired) electrons. The fraction of sp³-hybridized carbons (Fsp3) is 0.333. The molecule has 1 heterocycles. The molecule has 4 heteroatoms. The average Bonchev–Trinajstić information content (AvgIpc) is 2.36. The first-order chi connectivity index (χ1) is 9.02. The van der Waals surface area contributed by atoms with Crippen LogP contribution in [-0.4, -0.2) is 9.97 Å². The lowest BCUT2D eigenvalue weighted by molar-refractivity contribution is 0.613. The number of nitrogens with one attached hydrogen (secondary N) is 1. The van der Waals surface area contributed by atoms with E-state index in [0.717, 1.165) is 17.1 Å². The number of aromatic nitrogens is 2. The second-order valence-corrected chi connectivity index (χ2v) is 4.92. The Labute approximate surface area is 114 Å². The van der Waals surface area contributed by atoms with Crippen LogP contribution in [0.1, 0.15) is 39.8 Å². The molecule has 0 aliphatic carbocycles. The zero-order valence-electron chi connectivity index (χ0n) is 11.9. The number of nitrogens with two attached hydrogens (primary N) is 1. The molecule has 1 unspecified atom stereocenters. The fourth-order valence-corrected chi connectivity index (χ4v) is 2.26. The van der Waals surface area contributed by atoms with Crippen molar-refractivity contribution < 1.29 is 0 Å². The summed E-state index contributed by atoms with van der Waals surface area (Å²) in [5.74, 6) is 6.48. The Kier molecular flexibility index (Phi) is 3.93. The highest BCUT2D eigenvalue weighted by Gasteiger charge is 2.17. The summed E-state index contributed by atoms with van der Waals surface area (Å²) in [5.41, 5.74) is 8.66. The van der Waals surface area contributed by atoms with E-state index in [-0.39, 0.29) is 6.04 Å². The Morgan fingerprint density at radius 2 is 1.74 bits per heavy atom. The molecular formula is C15H20N4. The van der Waals surface area contributed by atoms with E-state index in [2.05, 4.69) is 48.3 Å². The summed E-state index contributed by atoms with van der Waals surface area (Å²) in [7, 11) is 0. The van der Waals surface area contributed by atoms with Gasteiger partial charge in [-0.05, 0) is 56.0 Å². The van der Waals surface area contributed by atoms with Crippen LogP contribution in [0, 0.1) is 27.7 Å². The number of nitrogens with zero attached hydrogens (tertiary/aromatic N) is 2. The van der Waals surface area contributed by atoms with E-state index < -0.39 is 0 Å². The summed E-state index contributed by atoms with van der Waals surface area (Å²) >= 11 is 0. The van der Waals surface area contributed by atoms with Gasteiger partial charge in [-0.2, -0.15) is 0 Å². The van der Waals surface area contributed by atoms with Crippen molar-refractivity contribution in [2.45, 2.75) is 33.7 Å². The van der Waals surface area contributed by atoms with Crippen molar-refractivity contribution in [1.29, 1.82) is 0 Å². The van der Waals surface area contributed by atoms with Crippen molar-refractivity contribution in [3.05, 3.63) is 58.2 Å². The third-order valence-corrected chi connectivity index (χ3v) is 3.45. The zero-order chi connectivity index (χ0) is 14.0. The standard InChI is InChI=1S/C15H20N4/c1-9-7-11(3)13(8-10(9)2)15(19-16)14-5-6-17-12(4)18-14/h5-8,15,19H,16H2,1-4H3. The molecule has 2 rings (SSSR count). The molecule has 0 saturated heterocycles. The van der Waals surface area contributed by atoms with Crippen LogP contribution in [-0.2, 0) is 0 Å². The van der Waals surface area contributed by atoms with E-state index in [1.807, 2.05) is 13.0 Å². The lowest BCUT2D eigenvalue weighted by Gasteiger charge is -2.19. The lowest BCUT2D eigenvalue weighted by atomic mass is 9.94. The smallest absolute Gasteiger partial charge is 0.125 e. The van der Waals surface area contributed by atoms with Gasteiger partial charge in [0.25, 0.3) is 0 Å². The molecule has 100 valence electrons. The maximum atomic E-state index is 5.73. The van der Waals surface area contributed by atoms with Crippen LogP contribution < -0.4 is 11.3 Å². The molecule has 0 spiro atoms. The highest BCUT2D eigenvalue weighted by molar-refractivity contribution is 5.41. The van der Waals surface area contributed by atoms with Gasteiger partial charge in [-0.1, -0.05) is 12.1 Å². The highest BCUT2D eigenvalue weighted by Crippen LogP contribution is 2.25. The molecule has 1 aromatic heterocycles. The van der Waals surface area contributed by atoms with Crippen molar-refractivity contribution >= 4 is 0 Å². The predicted octanol–water partition coefficient (Wildman–Crippen LogP) is 2.26. The minimum absolute atomic E-state index is 0.110. The Hall–Kier alpha value is -1.78. The van der Waals surface area contributed by atoms with Gasteiger partial charge in [0.2, 0.25) is 0 Å². The van der Waals surface area contributed by atoms with Gasteiger partial charge >= 0.3 is 0 Å². The average molecular weight is 256 g/mol. The van der Waals surface area contributed by atoms with Crippen LogP contribution in [0.25, 0.3) is 0 Å². The monoisotopic (exact) mass is 256 g/mol. The largest absolute Gasteiger partial charge is 0.271 e. The Morgan fingerprint density at radius 3 is 2.37 bits per heavy atom. The first-order valence-electron chi connectivity index (χ1n) is 6.36. The summed E-state index contributed by atoms with van der Waals surface area (Å²) in [6.07, 6.45) is 1.76. The van der Waals surface area contributed by atoms with E-state index in [9.17, 15) is 0 Å². The Balaban J connectivity index is 2.51. The van der Waals surface area contributed by atoms with Crippen LogP contribution in [0.3, 0.4) is 0 Å². The Morgan fingerprint density at radius 1 is 1.05 bits per heavy atom. The van der Waals surface area contributed by atoms with Crippen LogP contribution in [0.4, 0.5) is 0 Å². The molecular weight excluding hydrogens is 236 g/mol. The van der Waals surface area contributed by atoms with E-state index in [0.29, 0.717) is 0 Å². The van der Waals surface area contributed by atoms with Crippen molar-refractivity contribution in [2.75, 3.05) is 0 Å². The van der Waals surface area contributed by atoms with Crippen LogP contribution in [0.15, 0.2) is 24.4 Å². The number of hydrazine groups is 1. The molecule has 0 aliphatic rings. The highest BCUT2D eigenvalue weighted by atomic mass is 15.2. The molecule has 0 saturated carbocycles. The summed E-state index contributed by atoms with van der Waals surface area (Å²) in [6, 6.07) is 6.14. The number of aryl methyl sites for hydroxylation is 4. The van der Waals surface area contributed by atoms with E-state index in [1.54, 1.807) is 6.20 Å². The van der Waals surface area contributed by atoms with Gasteiger partial charge in [-0.25, -0.2) is 15.4 Å². The fourth-order valence-electron chi connectivity index (χ4n) is 2.26. The molecule has 1 atom stereocenters. The molecule has 3 N–H and O–H groups in total. The zero-order valence-corrected chi connectivity index (χ0v) is 11.9. The summed E-state index contributed by atoms with van der Waals surface area (Å²) in [4.78, 5) is 8.58.